The molecule has 0 aliphatic carbocycles. The summed E-state index contributed by atoms with van der Waals surface area (Å²) in [6.07, 6.45) is 1.68. The standard InChI is InChI=1S/C29H29ClF2N4O4/c1-2-39-25-13-20(29(37)38)12-24-28(25)34-26(36(24)17-31)15-35-10-8-18(9-11-35)23-4-3-5-27(33-23)40-16-19-6-7-21(30)14-22(19)32/h3-7,12-14,18H,2,8-11,15-17H2,1H3,(H,37,38). The molecule has 0 radical (unpaired) electrons. The first-order valence-corrected chi connectivity index (χ1v) is 13.4. The fourth-order valence-corrected chi connectivity index (χ4v) is 5.16. The van der Waals surface area contributed by atoms with Gasteiger partial charge in [-0.25, -0.2) is 23.5 Å². The van der Waals surface area contributed by atoms with E-state index in [1.54, 1.807) is 25.1 Å². The number of aromatic nitrogens is 3. The second-order valence-corrected chi connectivity index (χ2v) is 10.1. The van der Waals surface area contributed by atoms with Crippen LogP contribution in [0.15, 0.2) is 48.5 Å². The molecule has 4 aromatic rings. The van der Waals surface area contributed by atoms with Gasteiger partial charge >= 0.3 is 5.97 Å². The van der Waals surface area contributed by atoms with Gasteiger partial charge in [0.1, 0.15) is 29.5 Å². The highest BCUT2D eigenvalue weighted by atomic mass is 35.5. The monoisotopic (exact) mass is 570 g/mol. The lowest BCUT2D eigenvalue weighted by atomic mass is 9.93. The van der Waals surface area contributed by atoms with Crippen molar-refractivity contribution >= 4 is 28.6 Å². The molecule has 210 valence electrons. The van der Waals surface area contributed by atoms with E-state index in [0.29, 0.717) is 52.2 Å². The number of pyridine rings is 1. The van der Waals surface area contributed by atoms with Gasteiger partial charge in [0.2, 0.25) is 5.88 Å². The molecule has 1 fully saturated rings. The number of imidazole rings is 1. The lowest BCUT2D eigenvalue weighted by molar-refractivity contribution is 0.0696. The van der Waals surface area contributed by atoms with Gasteiger partial charge in [0.25, 0.3) is 0 Å². The van der Waals surface area contributed by atoms with Gasteiger partial charge in [0.15, 0.2) is 6.80 Å². The number of carboxylic acids is 1. The lowest BCUT2D eigenvalue weighted by Gasteiger charge is -2.31. The van der Waals surface area contributed by atoms with Crippen molar-refractivity contribution in [3.05, 3.63) is 82.0 Å². The molecule has 11 heteroatoms. The number of nitrogens with zero attached hydrogens (tertiary/aromatic N) is 4. The molecule has 1 aliphatic rings. The smallest absolute Gasteiger partial charge is 0.335 e. The number of carbonyl (C=O) groups is 1. The number of carboxylic acid groups (broad SMARTS) is 1. The predicted octanol–water partition coefficient (Wildman–Crippen LogP) is 6.21. The summed E-state index contributed by atoms with van der Waals surface area (Å²) in [5, 5.41) is 9.82. The van der Waals surface area contributed by atoms with Crippen molar-refractivity contribution in [1.82, 2.24) is 19.4 Å². The van der Waals surface area contributed by atoms with Crippen molar-refractivity contribution in [2.24, 2.45) is 0 Å². The van der Waals surface area contributed by atoms with E-state index >= 15 is 0 Å². The van der Waals surface area contributed by atoms with E-state index in [1.807, 2.05) is 12.1 Å². The Morgan fingerprint density at radius 3 is 2.62 bits per heavy atom. The van der Waals surface area contributed by atoms with Crippen LogP contribution in [0.5, 0.6) is 11.6 Å². The van der Waals surface area contributed by atoms with E-state index in [9.17, 15) is 18.7 Å². The second-order valence-electron chi connectivity index (χ2n) is 9.63. The molecule has 8 nitrogen and oxygen atoms in total. The van der Waals surface area contributed by atoms with E-state index in [-0.39, 0.29) is 18.1 Å². The van der Waals surface area contributed by atoms with Gasteiger partial charge in [0.05, 0.1) is 24.2 Å². The van der Waals surface area contributed by atoms with Crippen molar-refractivity contribution < 1.29 is 28.2 Å². The zero-order chi connectivity index (χ0) is 28.2. The third-order valence-corrected chi connectivity index (χ3v) is 7.31. The molecule has 0 saturated carbocycles. The number of hydrogen-bond acceptors (Lipinski definition) is 6. The number of aromatic carboxylic acids is 1. The second kappa shape index (κ2) is 12.2. The Labute approximate surface area is 235 Å². The van der Waals surface area contributed by atoms with Crippen LogP contribution in [0.3, 0.4) is 0 Å². The number of ether oxygens (including phenoxy) is 2. The van der Waals surface area contributed by atoms with Crippen LogP contribution >= 0.6 is 11.6 Å². The highest BCUT2D eigenvalue weighted by Gasteiger charge is 2.25. The molecule has 5 rings (SSSR count). The largest absolute Gasteiger partial charge is 0.492 e. The fraction of sp³-hybridized carbons (Fsp3) is 0.345. The molecular formula is C29H29ClF2N4O4. The zero-order valence-electron chi connectivity index (χ0n) is 21.9. The minimum atomic E-state index is -1.11. The summed E-state index contributed by atoms with van der Waals surface area (Å²) in [5.74, 6) is -0.0440. The van der Waals surface area contributed by atoms with Gasteiger partial charge in [0, 0.05) is 28.3 Å². The molecular weight excluding hydrogens is 542 g/mol. The number of hydrogen-bond donors (Lipinski definition) is 1. The normalized spacial score (nSPS) is 14.5. The van der Waals surface area contributed by atoms with Crippen LogP contribution in [-0.4, -0.2) is 50.2 Å². The van der Waals surface area contributed by atoms with Crippen LogP contribution in [0.25, 0.3) is 11.0 Å². The van der Waals surface area contributed by atoms with Crippen LogP contribution in [-0.2, 0) is 20.0 Å². The first-order chi connectivity index (χ1) is 19.4. The van der Waals surface area contributed by atoms with Gasteiger partial charge in [-0.15, -0.1) is 0 Å². The number of likely N-dealkylation sites (tertiary alicyclic amines) is 1. The van der Waals surface area contributed by atoms with E-state index < -0.39 is 18.6 Å². The molecule has 1 saturated heterocycles. The number of benzene rings is 2. The summed E-state index contributed by atoms with van der Waals surface area (Å²) < 4.78 is 41.0. The fourth-order valence-electron chi connectivity index (χ4n) is 5.00. The Morgan fingerprint density at radius 2 is 1.93 bits per heavy atom. The van der Waals surface area contributed by atoms with Crippen molar-refractivity contribution in [3.8, 4) is 11.6 Å². The van der Waals surface area contributed by atoms with Gasteiger partial charge in [-0.1, -0.05) is 23.7 Å². The molecule has 0 spiro atoms. The summed E-state index contributed by atoms with van der Waals surface area (Å²) in [4.78, 5) is 23.1. The van der Waals surface area contributed by atoms with Gasteiger partial charge in [-0.05, 0) is 63.2 Å². The van der Waals surface area contributed by atoms with E-state index in [2.05, 4.69) is 14.9 Å². The molecule has 0 bridgehead atoms. The quantitative estimate of drug-likeness (QED) is 0.242. The first-order valence-electron chi connectivity index (χ1n) is 13.1. The van der Waals surface area contributed by atoms with Crippen molar-refractivity contribution in [1.29, 1.82) is 0 Å². The van der Waals surface area contributed by atoms with Crippen LogP contribution in [0, 0.1) is 5.82 Å². The van der Waals surface area contributed by atoms with Crippen LogP contribution < -0.4 is 9.47 Å². The van der Waals surface area contributed by atoms with Crippen LogP contribution in [0.1, 0.15) is 53.1 Å². The Morgan fingerprint density at radius 1 is 1.12 bits per heavy atom. The van der Waals surface area contributed by atoms with Crippen molar-refractivity contribution in [2.45, 2.75) is 45.6 Å². The van der Waals surface area contributed by atoms with Gasteiger partial charge in [-0.3, -0.25) is 9.47 Å². The minimum absolute atomic E-state index is 0.0231. The number of alkyl halides is 1. The molecule has 0 atom stereocenters. The number of fused-ring (bicyclic) bond motifs is 1. The third-order valence-electron chi connectivity index (χ3n) is 7.07. The Balaban J connectivity index is 1.25. The average Bonchev–Trinajstić information content (AvgIpc) is 3.30. The highest BCUT2D eigenvalue weighted by molar-refractivity contribution is 6.30. The summed E-state index contributed by atoms with van der Waals surface area (Å²) in [6, 6.07) is 12.9. The van der Waals surface area contributed by atoms with Gasteiger partial charge in [-0.2, -0.15) is 0 Å². The van der Waals surface area contributed by atoms with Crippen molar-refractivity contribution in [3.63, 3.8) is 0 Å². The average molecular weight is 571 g/mol. The summed E-state index contributed by atoms with van der Waals surface area (Å²) in [5.41, 5.74) is 2.18. The SMILES string of the molecule is CCOc1cc(C(=O)O)cc2c1nc(CN1CCC(c3cccc(OCc4ccc(Cl)cc4F)n3)CC1)n2CF. The zero-order valence-corrected chi connectivity index (χ0v) is 22.7. The molecule has 1 N–H and O–H groups in total. The van der Waals surface area contributed by atoms with Crippen LogP contribution in [0.4, 0.5) is 8.78 Å². The highest BCUT2D eigenvalue weighted by Crippen LogP contribution is 2.32. The predicted molar refractivity (Wildman–Crippen MR) is 146 cm³/mol. The Hall–Kier alpha value is -3.76. The topological polar surface area (TPSA) is 89.7 Å². The maximum Gasteiger partial charge on any atom is 0.335 e. The number of rotatable bonds is 10. The Bertz CT molecular complexity index is 1520. The molecule has 1 aliphatic heterocycles. The maximum absolute atomic E-state index is 14.2. The lowest BCUT2D eigenvalue weighted by Crippen LogP contribution is -2.33. The van der Waals surface area contributed by atoms with Gasteiger partial charge < -0.3 is 14.6 Å². The molecule has 2 aromatic heterocycles. The first kappa shape index (κ1) is 27.8. The molecule has 3 heterocycles. The molecule has 0 amide bonds. The third kappa shape index (κ3) is 6.03. The molecule has 2 aromatic carbocycles. The van der Waals surface area contributed by atoms with Crippen LogP contribution in [0.2, 0.25) is 5.02 Å². The summed E-state index contributed by atoms with van der Waals surface area (Å²) in [6.45, 7) is 3.28. The van der Waals surface area contributed by atoms with Crippen molar-refractivity contribution in [2.75, 3.05) is 19.7 Å². The number of piperidine rings is 1. The minimum Gasteiger partial charge on any atom is -0.492 e. The van der Waals surface area contributed by atoms with E-state index in [0.717, 1.165) is 31.6 Å². The molecule has 0 unspecified atom stereocenters. The summed E-state index contributed by atoms with van der Waals surface area (Å²) >= 11 is 5.82. The Kier molecular flexibility index (Phi) is 8.46. The molecule has 40 heavy (non-hydrogen) atoms. The summed E-state index contributed by atoms with van der Waals surface area (Å²) in [7, 11) is 0. The van der Waals surface area contributed by atoms with E-state index in [4.69, 9.17) is 21.1 Å². The maximum atomic E-state index is 14.2. The number of halogens is 3. The van der Waals surface area contributed by atoms with E-state index in [1.165, 1.54) is 22.8 Å².